The summed E-state index contributed by atoms with van der Waals surface area (Å²) in [5, 5.41) is 63.2. The zero-order chi connectivity index (χ0) is 45.8. The summed E-state index contributed by atoms with van der Waals surface area (Å²) in [6.07, 6.45) is 11.3. The molecule has 4 heterocycles. The number of hydrogen-bond donors (Lipinski definition) is 5. The number of fused-ring (bicyclic) bond motifs is 2. The SMILES string of the molecule is CC1CCC(C)(O)CC1.Cc1cccc(C(=O)Nc2cc3cn(C4CCC(C)(O)CC4)nc3cc2N(C)C)[n+]1[O-].Cc1cccc(C(=O)Nc2cc3cn[nH]c3cc2N(C)C)[n+]1[O-]. The molecule has 0 radical (unpaired) electrons. The first-order valence-corrected chi connectivity index (χ1v) is 21.5. The molecule has 2 saturated carbocycles. The maximum Gasteiger partial charge on any atom is 0.321 e. The molecule has 0 aliphatic heterocycles. The van der Waals surface area contributed by atoms with E-state index in [1.165, 1.54) is 25.0 Å². The van der Waals surface area contributed by atoms with E-state index in [4.69, 9.17) is 5.10 Å². The third kappa shape index (κ3) is 11.2. The Kier molecular flexibility index (Phi) is 14.0. The van der Waals surface area contributed by atoms with Crippen molar-refractivity contribution in [3.63, 3.8) is 0 Å². The Hall–Kier alpha value is -6.26. The number of aromatic amines is 1. The maximum absolute atomic E-state index is 12.8. The molecule has 4 aromatic heterocycles. The number of H-pyrrole nitrogens is 1. The van der Waals surface area contributed by atoms with Gasteiger partial charge in [0.15, 0.2) is 11.4 Å². The first-order chi connectivity index (χ1) is 29.7. The Morgan fingerprint density at radius 1 is 0.762 bits per heavy atom. The van der Waals surface area contributed by atoms with Crippen LogP contribution in [0.2, 0.25) is 0 Å². The minimum absolute atomic E-state index is 0.0507. The Morgan fingerprint density at radius 3 is 1.73 bits per heavy atom. The van der Waals surface area contributed by atoms with Crippen LogP contribution in [0.15, 0.2) is 73.1 Å². The van der Waals surface area contributed by atoms with Crippen molar-refractivity contribution < 1.29 is 29.3 Å². The van der Waals surface area contributed by atoms with Gasteiger partial charge in [-0.25, -0.2) is 0 Å². The number of nitrogens with zero attached hydrogens (tertiary/aromatic N) is 7. The monoisotopic (exact) mass is 862 g/mol. The Bertz CT molecular complexity index is 2560. The zero-order valence-corrected chi connectivity index (χ0v) is 37.9. The van der Waals surface area contributed by atoms with E-state index in [0.29, 0.717) is 32.2 Å². The highest BCUT2D eigenvalue weighted by atomic mass is 16.5. The summed E-state index contributed by atoms with van der Waals surface area (Å²) in [5.41, 5.74) is 4.69. The molecule has 2 amide bonds. The number of nitrogens with one attached hydrogen (secondary N) is 3. The second kappa shape index (κ2) is 19.0. The smallest absolute Gasteiger partial charge is 0.321 e. The van der Waals surface area contributed by atoms with Gasteiger partial charge in [0, 0.05) is 83.3 Å². The van der Waals surface area contributed by atoms with Crippen LogP contribution in [0, 0.1) is 30.2 Å². The molecule has 0 atom stereocenters. The minimum Gasteiger partial charge on any atom is -0.618 e. The number of hydrogen-bond acceptors (Lipinski definition) is 10. The number of benzene rings is 2. The first-order valence-electron chi connectivity index (χ1n) is 21.5. The average Bonchev–Trinajstić information content (AvgIpc) is 3.87. The number of rotatable bonds is 7. The van der Waals surface area contributed by atoms with Gasteiger partial charge in [-0.3, -0.25) is 19.4 Å². The lowest BCUT2D eigenvalue weighted by Crippen LogP contribution is -2.39. The van der Waals surface area contributed by atoms with Gasteiger partial charge in [-0.15, -0.1) is 0 Å². The molecular weight excluding hydrogens is 801 g/mol. The number of pyridine rings is 2. The lowest BCUT2D eigenvalue weighted by Gasteiger charge is -2.33. The van der Waals surface area contributed by atoms with Gasteiger partial charge < -0.3 is 41.1 Å². The van der Waals surface area contributed by atoms with E-state index in [0.717, 1.165) is 77.6 Å². The predicted octanol–water partition coefficient (Wildman–Crippen LogP) is 6.93. The molecule has 2 fully saturated rings. The van der Waals surface area contributed by atoms with Crippen molar-refractivity contribution in [2.45, 2.75) is 103 Å². The summed E-state index contributed by atoms with van der Waals surface area (Å²) < 4.78 is 3.25. The van der Waals surface area contributed by atoms with Crippen molar-refractivity contribution in [1.29, 1.82) is 0 Å². The minimum atomic E-state index is -0.590. The predicted molar refractivity (Wildman–Crippen MR) is 247 cm³/mol. The van der Waals surface area contributed by atoms with Crippen molar-refractivity contribution in [3.8, 4) is 0 Å². The van der Waals surface area contributed by atoms with Gasteiger partial charge >= 0.3 is 11.8 Å². The molecule has 0 spiro atoms. The van der Waals surface area contributed by atoms with E-state index in [2.05, 4.69) is 27.8 Å². The summed E-state index contributed by atoms with van der Waals surface area (Å²) in [7, 11) is 7.57. The lowest BCUT2D eigenvalue weighted by atomic mass is 9.81. The van der Waals surface area contributed by atoms with E-state index in [1.54, 1.807) is 44.3 Å². The van der Waals surface area contributed by atoms with E-state index < -0.39 is 17.4 Å². The third-order valence-corrected chi connectivity index (χ3v) is 12.1. The molecule has 336 valence electrons. The first kappa shape index (κ1) is 46.2. The molecule has 63 heavy (non-hydrogen) atoms. The van der Waals surface area contributed by atoms with Crippen molar-refractivity contribution in [2.75, 3.05) is 48.6 Å². The van der Waals surface area contributed by atoms with Crippen LogP contribution < -0.4 is 29.9 Å². The van der Waals surface area contributed by atoms with Gasteiger partial charge in [0.2, 0.25) is 0 Å². The summed E-state index contributed by atoms with van der Waals surface area (Å²) in [6.45, 7) is 9.42. The highest BCUT2D eigenvalue weighted by Gasteiger charge is 2.30. The molecule has 2 aliphatic rings. The van der Waals surface area contributed by atoms with Crippen LogP contribution >= 0.6 is 0 Å². The lowest BCUT2D eigenvalue weighted by molar-refractivity contribution is -0.614. The number of aryl methyl sites for hydroxylation is 2. The second-order valence-corrected chi connectivity index (χ2v) is 18.2. The van der Waals surface area contributed by atoms with E-state index in [9.17, 15) is 30.2 Å². The maximum atomic E-state index is 12.8. The second-order valence-electron chi connectivity index (χ2n) is 18.2. The topological polar surface area (TPSA) is 206 Å². The zero-order valence-electron chi connectivity index (χ0n) is 37.9. The van der Waals surface area contributed by atoms with Crippen LogP contribution in [0.25, 0.3) is 21.8 Å². The fourth-order valence-electron chi connectivity index (χ4n) is 7.98. The van der Waals surface area contributed by atoms with Crippen LogP contribution in [-0.4, -0.2) is 81.4 Å². The van der Waals surface area contributed by atoms with Gasteiger partial charge in [-0.1, -0.05) is 6.92 Å². The van der Waals surface area contributed by atoms with Crippen LogP contribution in [-0.2, 0) is 0 Å². The molecule has 16 nitrogen and oxygen atoms in total. The van der Waals surface area contributed by atoms with Crippen molar-refractivity contribution >= 4 is 56.4 Å². The van der Waals surface area contributed by atoms with E-state index in [1.807, 2.05) is 87.0 Å². The van der Waals surface area contributed by atoms with Crippen molar-refractivity contribution in [3.05, 3.63) is 106 Å². The van der Waals surface area contributed by atoms with Crippen molar-refractivity contribution in [1.82, 2.24) is 20.0 Å². The molecule has 8 rings (SSSR count). The fraction of sp³-hybridized carbons (Fsp3) is 0.447. The largest absolute Gasteiger partial charge is 0.618 e. The quantitative estimate of drug-likeness (QED) is 0.0827. The molecule has 0 saturated heterocycles. The standard InChI is InChI=1S/C23H29N5O3.C16H17N5O2.C8H16O/c1-15-6-5-7-20(28(15)31)22(29)24-19-12-16-14-27(17-8-10-23(2,30)11-9-17)25-18(16)13-21(19)26(3)4;1-10-5-4-6-14(21(10)23)16(22)18-13-7-11-9-17-19-12(11)8-15(13)20(2)3;1-7-3-5-8(2,9)6-4-7/h5-7,12-14,17,30H,8-11H2,1-4H3,(H,24,29);4-9H,1-3H3,(H,17,19)(H,18,22);7,9H,3-6H2,1-2H3. The molecular formula is C47H62N10O6. The summed E-state index contributed by atoms with van der Waals surface area (Å²) in [5.74, 6) is -0.0667. The number of carbonyl (C=O) groups excluding carboxylic acids is 2. The number of aliphatic hydroxyl groups is 2. The Labute approximate surface area is 368 Å². The number of aromatic nitrogens is 6. The van der Waals surface area contributed by atoms with Gasteiger partial charge in [-0.05, 0) is 108 Å². The van der Waals surface area contributed by atoms with E-state index >= 15 is 0 Å². The van der Waals surface area contributed by atoms with Crippen LogP contribution in [0.4, 0.5) is 22.7 Å². The normalized spacial score (nSPS) is 20.8. The highest BCUT2D eigenvalue weighted by Crippen LogP contribution is 2.37. The summed E-state index contributed by atoms with van der Waals surface area (Å²) in [6, 6.07) is 17.5. The summed E-state index contributed by atoms with van der Waals surface area (Å²) >= 11 is 0. The molecule has 6 aromatic rings. The van der Waals surface area contributed by atoms with Gasteiger partial charge in [0.05, 0.1) is 57.2 Å². The Balaban J connectivity index is 0.000000180. The third-order valence-electron chi connectivity index (χ3n) is 12.1. The Morgan fingerprint density at radius 2 is 1.24 bits per heavy atom. The van der Waals surface area contributed by atoms with Gasteiger partial charge in [0.1, 0.15) is 0 Å². The molecule has 16 heteroatoms. The molecule has 2 aromatic carbocycles. The van der Waals surface area contributed by atoms with Crippen LogP contribution in [0.3, 0.4) is 0 Å². The molecule has 0 unspecified atom stereocenters. The van der Waals surface area contributed by atoms with Crippen molar-refractivity contribution in [2.24, 2.45) is 5.92 Å². The molecule has 0 bridgehead atoms. The number of anilines is 4. The van der Waals surface area contributed by atoms with Gasteiger partial charge in [0.25, 0.3) is 11.4 Å². The highest BCUT2D eigenvalue weighted by molar-refractivity contribution is 6.06. The summed E-state index contributed by atoms with van der Waals surface area (Å²) in [4.78, 5) is 29.1. The van der Waals surface area contributed by atoms with E-state index in [-0.39, 0.29) is 23.0 Å². The average molecular weight is 863 g/mol. The van der Waals surface area contributed by atoms with Crippen LogP contribution in [0.5, 0.6) is 0 Å². The number of amides is 2. The molecule has 2 aliphatic carbocycles. The molecule has 5 N–H and O–H groups in total. The van der Waals surface area contributed by atoms with Gasteiger partial charge in [-0.2, -0.15) is 19.7 Å². The van der Waals surface area contributed by atoms with Crippen LogP contribution in [0.1, 0.15) is 111 Å². The fourth-order valence-corrected chi connectivity index (χ4v) is 7.98. The number of carbonyl (C=O) groups is 2.